The van der Waals surface area contributed by atoms with Gasteiger partial charge in [0.25, 0.3) is 0 Å². The van der Waals surface area contributed by atoms with Gasteiger partial charge in [-0.25, -0.2) is 0 Å². The molecule has 1 aromatic rings. The van der Waals surface area contributed by atoms with E-state index in [9.17, 15) is 0 Å². The molecule has 0 saturated carbocycles. The number of halogens is 2. The molecular formula is C9H14BrClN2. The minimum absolute atomic E-state index is 0. The zero-order valence-corrected chi connectivity index (χ0v) is 10.2. The summed E-state index contributed by atoms with van der Waals surface area (Å²) in [4.78, 5) is 4.11. The third-order valence-electron chi connectivity index (χ3n) is 1.82. The summed E-state index contributed by atoms with van der Waals surface area (Å²) in [5.74, 6) is 0. The first-order chi connectivity index (χ1) is 5.75. The normalized spacial score (nSPS) is 9.46. The fraction of sp³-hybridized carbons (Fsp3) is 0.444. The molecule has 2 nitrogen and oxygen atoms in total. The van der Waals surface area contributed by atoms with Crippen molar-refractivity contribution in [2.45, 2.75) is 20.4 Å². The lowest BCUT2D eigenvalue weighted by atomic mass is 10.1. The highest BCUT2D eigenvalue weighted by atomic mass is 79.9. The molecule has 1 heterocycles. The molecule has 0 radical (unpaired) electrons. The molecule has 0 aliphatic rings. The van der Waals surface area contributed by atoms with Crippen LogP contribution in [0.15, 0.2) is 16.9 Å². The standard InChI is InChI=1S/C9H13BrN2.ClH/c1-3-11-4-8-5-12-6-9(10)7(8)2;/h5-6,11H,3-4H2,1-2H3;1H. The lowest BCUT2D eigenvalue weighted by Crippen LogP contribution is -2.12. The van der Waals surface area contributed by atoms with E-state index in [0.717, 1.165) is 17.6 Å². The van der Waals surface area contributed by atoms with Gasteiger partial charge >= 0.3 is 0 Å². The summed E-state index contributed by atoms with van der Waals surface area (Å²) in [6.45, 7) is 6.08. The molecule has 0 unspecified atom stereocenters. The Morgan fingerprint density at radius 3 is 2.77 bits per heavy atom. The van der Waals surface area contributed by atoms with Crippen LogP contribution in [-0.4, -0.2) is 11.5 Å². The molecule has 0 aliphatic heterocycles. The maximum atomic E-state index is 4.11. The van der Waals surface area contributed by atoms with E-state index >= 15 is 0 Å². The first kappa shape index (κ1) is 12.9. The van der Waals surface area contributed by atoms with Crippen molar-refractivity contribution in [3.8, 4) is 0 Å². The Labute approximate surface area is 93.7 Å². The highest BCUT2D eigenvalue weighted by Crippen LogP contribution is 2.17. The van der Waals surface area contributed by atoms with Gasteiger partial charge in [-0.15, -0.1) is 12.4 Å². The summed E-state index contributed by atoms with van der Waals surface area (Å²) in [5.41, 5.74) is 2.53. The molecule has 1 aromatic heterocycles. The maximum Gasteiger partial charge on any atom is 0.0413 e. The number of aromatic nitrogens is 1. The van der Waals surface area contributed by atoms with Crippen molar-refractivity contribution in [1.82, 2.24) is 10.3 Å². The fourth-order valence-electron chi connectivity index (χ4n) is 0.978. The van der Waals surface area contributed by atoms with Gasteiger partial charge in [-0.2, -0.15) is 0 Å². The Kier molecular flexibility index (Phi) is 6.29. The molecule has 0 atom stereocenters. The van der Waals surface area contributed by atoms with Gasteiger partial charge in [-0.05, 0) is 40.5 Å². The van der Waals surface area contributed by atoms with E-state index in [0.29, 0.717) is 0 Å². The molecule has 74 valence electrons. The smallest absolute Gasteiger partial charge is 0.0413 e. The van der Waals surface area contributed by atoms with Crippen molar-refractivity contribution in [1.29, 1.82) is 0 Å². The number of pyridine rings is 1. The molecule has 1 N–H and O–H groups in total. The van der Waals surface area contributed by atoms with Crippen LogP contribution in [0.25, 0.3) is 0 Å². The fourth-order valence-corrected chi connectivity index (χ4v) is 1.35. The summed E-state index contributed by atoms with van der Waals surface area (Å²) in [5, 5.41) is 3.27. The van der Waals surface area contributed by atoms with E-state index < -0.39 is 0 Å². The molecular weight excluding hydrogens is 251 g/mol. The quantitative estimate of drug-likeness (QED) is 0.909. The second-order valence-corrected chi connectivity index (χ2v) is 3.54. The first-order valence-corrected chi connectivity index (χ1v) is 4.84. The Bertz CT molecular complexity index is 266. The van der Waals surface area contributed by atoms with Crippen molar-refractivity contribution < 1.29 is 0 Å². The van der Waals surface area contributed by atoms with Gasteiger partial charge in [0.15, 0.2) is 0 Å². The molecule has 4 heteroatoms. The van der Waals surface area contributed by atoms with E-state index in [2.05, 4.69) is 40.1 Å². The third-order valence-corrected chi connectivity index (χ3v) is 2.62. The van der Waals surface area contributed by atoms with Gasteiger partial charge in [0.1, 0.15) is 0 Å². The SMILES string of the molecule is CCNCc1cncc(Br)c1C.Cl. The summed E-state index contributed by atoms with van der Waals surface area (Å²) < 4.78 is 1.08. The van der Waals surface area contributed by atoms with Gasteiger partial charge in [0, 0.05) is 23.4 Å². The van der Waals surface area contributed by atoms with Crippen LogP contribution < -0.4 is 5.32 Å². The highest BCUT2D eigenvalue weighted by Gasteiger charge is 2.00. The lowest BCUT2D eigenvalue weighted by molar-refractivity contribution is 0.720. The number of hydrogen-bond donors (Lipinski definition) is 1. The summed E-state index contributed by atoms with van der Waals surface area (Å²) in [7, 11) is 0. The zero-order valence-electron chi connectivity index (χ0n) is 7.80. The molecule has 0 bridgehead atoms. The lowest BCUT2D eigenvalue weighted by Gasteiger charge is -2.06. The highest BCUT2D eigenvalue weighted by molar-refractivity contribution is 9.10. The van der Waals surface area contributed by atoms with Crippen LogP contribution in [0.5, 0.6) is 0 Å². The molecule has 13 heavy (non-hydrogen) atoms. The summed E-state index contributed by atoms with van der Waals surface area (Å²) in [6, 6.07) is 0. The third kappa shape index (κ3) is 3.63. The van der Waals surface area contributed by atoms with E-state index in [1.54, 1.807) is 0 Å². The maximum absolute atomic E-state index is 4.11. The topological polar surface area (TPSA) is 24.9 Å². The van der Waals surface area contributed by atoms with Gasteiger partial charge in [-0.1, -0.05) is 6.92 Å². The molecule has 0 saturated heterocycles. The van der Waals surface area contributed by atoms with E-state index in [1.807, 2.05) is 12.4 Å². The van der Waals surface area contributed by atoms with Crippen LogP contribution in [-0.2, 0) is 6.54 Å². The van der Waals surface area contributed by atoms with Crippen molar-refractivity contribution >= 4 is 28.3 Å². The van der Waals surface area contributed by atoms with Crippen LogP contribution in [0.3, 0.4) is 0 Å². The number of nitrogens with zero attached hydrogens (tertiary/aromatic N) is 1. The zero-order chi connectivity index (χ0) is 8.97. The molecule has 0 amide bonds. The minimum atomic E-state index is 0. The summed E-state index contributed by atoms with van der Waals surface area (Å²) >= 11 is 3.45. The molecule has 0 fully saturated rings. The van der Waals surface area contributed by atoms with Crippen molar-refractivity contribution in [2.24, 2.45) is 0 Å². The van der Waals surface area contributed by atoms with E-state index in [-0.39, 0.29) is 12.4 Å². The van der Waals surface area contributed by atoms with Crippen molar-refractivity contribution in [3.63, 3.8) is 0 Å². The van der Waals surface area contributed by atoms with Crippen LogP contribution in [0, 0.1) is 6.92 Å². The molecule has 0 aromatic carbocycles. The average Bonchev–Trinajstić information content (AvgIpc) is 2.08. The van der Waals surface area contributed by atoms with Crippen LogP contribution in [0.2, 0.25) is 0 Å². The Hall–Kier alpha value is -0.120. The predicted octanol–water partition coefficient (Wildman–Crippen LogP) is 2.68. The van der Waals surface area contributed by atoms with Gasteiger partial charge in [-0.3, -0.25) is 4.98 Å². The van der Waals surface area contributed by atoms with Crippen molar-refractivity contribution in [3.05, 3.63) is 28.0 Å². The number of nitrogens with one attached hydrogen (secondary N) is 1. The average molecular weight is 266 g/mol. The first-order valence-electron chi connectivity index (χ1n) is 4.05. The summed E-state index contributed by atoms with van der Waals surface area (Å²) in [6.07, 6.45) is 3.73. The van der Waals surface area contributed by atoms with Gasteiger partial charge < -0.3 is 5.32 Å². The van der Waals surface area contributed by atoms with Gasteiger partial charge in [0.05, 0.1) is 0 Å². The number of rotatable bonds is 3. The monoisotopic (exact) mass is 264 g/mol. The van der Waals surface area contributed by atoms with Crippen LogP contribution >= 0.6 is 28.3 Å². The Morgan fingerprint density at radius 1 is 1.46 bits per heavy atom. The second kappa shape index (κ2) is 6.35. The van der Waals surface area contributed by atoms with Crippen LogP contribution in [0.4, 0.5) is 0 Å². The minimum Gasteiger partial charge on any atom is -0.313 e. The van der Waals surface area contributed by atoms with Crippen LogP contribution in [0.1, 0.15) is 18.1 Å². The Morgan fingerprint density at radius 2 is 2.15 bits per heavy atom. The second-order valence-electron chi connectivity index (χ2n) is 2.69. The predicted molar refractivity (Wildman–Crippen MR) is 61.3 cm³/mol. The number of hydrogen-bond acceptors (Lipinski definition) is 2. The molecule has 0 spiro atoms. The van der Waals surface area contributed by atoms with Crippen molar-refractivity contribution in [2.75, 3.05) is 6.54 Å². The van der Waals surface area contributed by atoms with E-state index in [4.69, 9.17) is 0 Å². The molecule has 1 rings (SSSR count). The van der Waals surface area contributed by atoms with Gasteiger partial charge in [0.2, 0.25) is 0 Å². The molecule has 0 aliphatic carbocycles. The largest absolute Gasteiger partial charge is 0.313 e. The van der Waals surface area contributed by atoms with E-state index in [1.165, 1.54) is 11.1 Å². The Balaban J connectivity index is 0.00000144.